The van der Waals surface area contributed by atoms with Crippen LogP contribution in [0.4, 0.5) is 0 Å². The van der Waals surface area contributed by atoms with E-state index in [0.29, 0.717) is 19.4 Å². The summed E-state index contributed by atoms with van der Waals surface area (Å²) in [7, 11) is 0. The quantitative estimate of drug-likeness (QED) is 0.0345. The van der Waals surface area contributed by atoms with Crippen LogP contribution in [0.3, 0.4) is 0 Å². The summed E-state index contributed by atoms with van der Waals surface area (Å²) in [5, 5.41) is 0. The van der Waals surface area contributed by atoms with E-state index >= 15 is 0 Å². The van der Waals surface area contributed by atoms with Crippen molar-refractivity contribution in [2.24, 2.45) is 0 Å². The van der Waals surface area contributed by atoms with Crippen LogP contribution < -0.4 is 0 Å². The van der Waals surface area contributed by atoms with Crippen LogP contribution in [0, 0.1) is 0 Å². The number of carbonyl (C=O) groups is 2. The highest BCUT2D eigenvalue weighted by Gasteiger charge is 2.17. The van der Waals surface area contributed by atoms with Crippen molar-refractivity contribution in [1.29, 1.82) is 0 Å². The molecule has 0 fully saturated rings. The third-order valence-corrected chi connectivity index (χ3v) is 12.0. The third-order valence-electron chi connectivity index (χ3n) is 12.0. The summed E-state index contributed by atoms with van der Waals surface area (Å²) in [5.41, 5.74) is 0. The van der Waals surface area contributed by atoms with Crippen molar-refractivity contribution in [3.05, 3.63) is 122 Å². The standard InChI is InChI=1S/C65H108O5/c1-4-7-10-13-16-19-22-25-28-31-33-35-37-40-43-46-49-52-55-58-64(66)69-62-63(61-68-60-57-54-51-48-45-42-39-36-32-29-26-23-20-17-14-11-8-5-2)70-65(67)59-56-53-50-47-44-41-38-34-30-27-24-21-18-15-12-9-6-3/h7-8,10-11,16-21,25-30,33,35-36,39,63H,4-6,9,12-15,22-24,31-32,34,37-38,40-62H2,1-3H3/b10-7-,11-8-,19-16-,20-17-,21-18-,28-25-,29-26-,30-27-,35-33-,39-36-. The van der Waals surface area contributed by atoms with E-state index in [4.69, 9.17) is 14.2 Å². The van der Waals surface area contributed by atoms with E-state index in [2.05, 4.69) is 142 Å². The number of hydrogen-bond donors (Lipinski definition) is 0. The number of rotatable bonds is 52. The molecule has 0 amide bonds. The van der Waals surface area contributed by atoms with Crippen LogP contribution in [0.15, 0.2) is 122 Å². The molecule has 0 aromatic carbocycles. The van der Waals surface area contributed by atoms with Crippen molar-refractivity contribution >= 4 is 11.9 Å². The predicted octanol–water partition coefficient (Wildman–Crippen LogP) is 20.1. The van der Waals surface area contributed by atoms with Crippen LogP contribution in [-0.4, -0.2) is 37.9 Å². The first-order valence-electron chi connectivity index (χ1n) is 29.1. The Bertz CT molecular complexity index is 1420. The molecule has 0 saturated heterocycles. The second kappa shape index (κ2) is 59.6. The molecule has 70 heavy (non-hydrogen) atoms. The van der Waals surface area contributed by atoms with Gasteiger partial charge in [-0.3, -0.25) is 9.59 Å². The molecule has 1 atom stereocenters. The van der Waals surface area contributed by atoms with Gasteiger partial charge in [0, 0.05) is 19.4 Å². The van der Waals surface area contributed by atoms with Gasteiger partial charge in [0.1, 0.15) is 6.61 Å². The van der Waals surface area contributed by atoms with Gasteiger partial charge in [0.2, 0.25) is 0 Å². The molecule has 0 aliphatic rings. The van der Waals surface area contributed by atoms with Gasteiger partial charge in [0.05, 0.1) is 6.61 Å². The number of ether oxygens (including phenoxy) is 3. The molecular weight excluding hydrogens is 861 g/mol. The van der Waals surface area contributed by atoms with E-state index in [1.165, 1.54) is 89.9 Å². The average molecular weight is 970 g/mol. The highest BCUT2D eigenvalue weighted by atomic mass is 16.6. The van der Waals surface area contributed by atoms with Crippen LogP contribution in [0.1, 0.15) is 252 Å². The van der Waals surface area contributed by atoms with Crippen LogP contribution in [0.2, 0.25) is 0 Å². The monoisotopic (exact) mass is 969 g/mol. The van der Waals surface area contributed by atoms with E-state index in [0.717, 1.165) is 128 Å². The zero-order valence-corrected chi connectivity index (χ0v) is 45.7. The molecule has 0 aliphatic carbocycles. The summed E-state index contributed by atoms with van der Waals surface area (Å²) >= 11 is 0. The van der Waals surface area contributed by atoms with Gasteiger partial charge < -0.3 is 14.2 Å². The van der Waals surface area contributed by atoms with E-state index < -0.39 is 6.10 Å². The van der Waals surface area contributed by atoms with E-state index in [9.17, 15) is 9.59 Å². The van der Waals surface area contributed by atoms with Crippen molar-refractivity contribution in [3.8, 4) is 0 Å². The maximum absolute atomic E-state index is 12.9. The average Bonchev–Trinajstić information content (AvgIpc) is 3.36. The molecule has 0 rings (SSSR count). The maximum Gasteiger partial charge on any atom is 0.306 e. The van der Waals surface area contributed by atoms with E-state index in [-0.39, 0.29) is 25.2 Å². The number of allylic oxidation sites excluding steroid dienone is 20. The van der Waals surface area contributed by atoms with Crippen molar-refractivity contribution in [3.63, 3.8) is 0 Å². The van der Waals surface area contributed by atoms with Gasteiger partial charge >= 0.3 is 11.9 Å². The van der Waals surface area contributed by atoms with Gasteiger partial charge in [-0.1, -0.05) is 232 Å². The molecule has 0 aliphatic heterocycles. The van der Waals surface area contributed by atoms with Crippen LogP contribution in [0.5, 0.6) is 0 Å². The minimum absolute atomic E-state index is 0.0596. The van der Waals surface area contributed by atoms with Crippen LogP contribution >= 0.6 is 0 Å². The fourth-order valence-corrected chi connectivity index (χ4v) is 7.70. The highest BCUT2D eigenvalue weighted by Crippen LogP contribution is 2.14. The molecule has 0 spiro atoms. The number of unbranched alkanes of at least 4 members (excludes halogenated alkanes) is 21. The summed E-state index contributed by atoms with van der Waals surface area (Å²) in [6, 6.07) is 0. The number of esters is 2. The van der Waals surface area contributed by atoms with Gasteiger partial charge in [-0.25, -0.2) is 0 Å². The zero-order valence-electron chi connectivity index (χ0n) is 45.7. The Morgan fingerprint density at radius 2 is 0.643 bits per heavy atom. The second-order valence-corrected chi connectivity index (χ2v) is 18.8. The first-order chi connectivity index (χ1) is 34.6. The minimum Gasteiger partial charge on any atom is -0.462 e. The minimum atomic E-state index is -0.566. The largest absolute Gasteiger partial charge is 0.462 e. The van der Waals surface area contributed by atoms with Crippen LogP contribution in [0.25, 0.3) is 0 Å². The Kier molecular flexibility index (Phi) is 56.5. The molecule has 0 heterocycles. The Morgan fingerprint density at radius 3 is 1.03 bits per heavy atom. The summed E-state index contributed by atoms with van der Waals surface area (Å²) in [6.07, 6.45) is 83.6. The van der Waals surface area contributed by atoms with Gasteiger partial charge in [-0.05, 0) is 128 Å². The highest BCUT2D eigenvalue weighted by molar-refractivity contribution is 5.70. The lowest BCUT2D eigenvalue weighted by atomic mass is 10.1. The second-order valence-electron chi connectivity index (χ2n) is 18.8. The normalized spacial score (nSPS) is 13.1. The lowest BCUT2D eigenvalue weighted by Crippen LogP contribution is -2.30. The lowest BCUT2D eigenvalue weighted by molar-refractivity contribution is -0.163. The molecule has 0 aromatic heterocycles. The summed E-state index contributed by atoms with van der Waals surface area (Å²) in [4.78, 5) is 25.6. The van der Waals surface area contributed by atoms with Gasteiger partial charge in [-0.15, -0.1) is 0 Å². The zero-order chi connectivity index (χ0) is 50.6. The van der Waals surface area contributed by atoms with Gasteiger partial charge in [0.15, 0.2) is 6.10 Å². The van der Waals surface area contributed by atoms with Crippen molar-refractivity contribution in [1.82, 2.24) is 0 Å². The number of carbonyl (C=O) groups excluding carboxylic acids is 2. The SMILES string of the molecule is CC/C=C\C/C=C\C/C=C\C/C=C\CCCCCCCCC(=O)OCC(COCCCCCCC/C=C\C/C=C\C/C=C\C/C=C\CC)OC(=O)CCCCCCCCC/C=C\C/C=C\CCCCC. The smallest absolute Gasteiger partial charge is 0.306 e. The topological polar surface area (TPSA) is 61.8 Å². The molecule has 398 valence electrons. The summed E-state index contributed by atoms with van der Waals surface area (Å²) < 4.78 is 17.5. The first-order valence-corrected chi connectivity index (χ1v) is 29.1. The lowest BCUT2D eigenvalue weighted by Gasteiger charge is -2.18. The molecule has 1 unspecified atom stereocenters. The molecule has 0 radical (unpaired) electrons. The molecule has 0 N–H and O–H groups in total. The summed E-state index contributed by atoms with van der Waals surface area (Å²) in [5.74, 6) is -0.436. The van der Waals surface area contributed by atoms with E-state index in [1.54, 1.807) is 0 Å². The van der Waals surface area contributed by atoms with Crippen molar-refractivity contribution < 1.29 is 23.8 Å². The molecule has 5 heteroatoms. The van der Waals surface area contributed by atoms with Gasteiger partial charge in [-0.2, -0.15) is 0 Å². The molecular formula is C65H108O5. The van der Waals surface area contributed by atoms with E-state index in [1.807, 2.05) is 0 Å². The van der Waals surface area contributed by atoms with Crippen LogP contribution in [-0.2, 0) is 23.8 Å². The fraction of sp³-hybridized carbons (Fsp3) is 0.662. The fourth-order valence-electron chi connectivity index (χ4n) is 7.70. The first kappa shape index (κ1) is 66.3. The molecule has 5 nitrogen and oxygen atoms in total. The predicted molar refractivity (Wildman–Crippen MR) is 306 cm³/mol. The van der Waals surface area contributed by atoms with Crippen molar-refractivity contribution in [2.45, 2.75) is 258 Å². The Hall–Kier alpha value is -3.70. The molecule has 0 bridgehead atoms. The summed E-state index contributed by atoms with van der Waals surface area (Å²) in [6.45, 7) is 7.52. The Balaban J connectivity index is 4.38. The third kappa shape index (κ3) is 56.9. The van der Waals surface area contributed by atoms with Crippen molar-refractivity contribution in [2.75, 3.05) is 19.8 Å². The Labute approximate surface area is 433 Å². The van der Waals surface area contributed by atoms with Gasteiger partial charge in [0.25, 0.3) is 0 Å². The maximum atomic E-state index is 12.9. The molecule has 0 aromatic rings. The molecule has 0 saturated carbocycles. The Morgan fingerprint density at radius 1 is 0.329 bits per heavy atom. The number of hydrogen-bond acceptors (Lipinski definition) is 5.